The lowest BCUT2D eigenvalue weighted by atomic mass is 9.68. The zero-order chi connectivity index (χ0) is 30.2. The van der Waals surface area contributed by atoms with Crippen molar-refractivity contribution in [2.45, 2.75) is 37.5 Å². The van der Waals surface area contributed by atoms with Crippen molar-refractivity contribution in [3.8, 4) is 21.9 Å². The highest BCUT2D eigenvalue weighted by Crippen LogP contribution is 2.61. The minimum absolute atomic E-state index is 0.0706. The molecule has 0 radical (unpaired) electrons. The summed E-state index contributed by atoms with van der Waals surface area (Å²) in [4.78, 5) is 43.9. The van der Waals surface area contributed by atoms with E-state index in [4.69, 9.17) is 0 Å². The third kappa shape index (κ3) is 3.64. The minimum Gasteiger partial charge on any atom is -0.289 e. The Labute approximate surface area is 261 Å². The molecule has 4 aliphatic carbocycles. The Bertz CT molecular complexity index is 2130. The molecule has 4 aliphatic rings. The molecule has 0 bridgehead atoms. The monoisotopic (exact) mass is 606 g/mol. The van der Waals surface area contributed by atoms with Crippen LogP contribution in [0.2, 0.25) is 0 Å². The SMILES string of the molecule is N#CC(C#N)=C1/C(=C/c2cc3c(s2)-c2sc(C=C4C(=O)c5ccccc5C4=O)cc2C32CCCCC2)C(=O)c2ccccc21. The van der Waals surface area contributed by atoms with E-state index < -0.39 is 0 Å². The van der Waals surface area contributed by atoms with E-state index >= 15 is 0 Å². The second kappa shape index (κ2) is 9.79. The zero-order valence-corrected chi connectivity index (χ0v) is 25.0. The Kier molecular flexibility index (Phi) is 5.93. The maximum atomic E-state index is 13.5. The first-order valence-corrected chi connectivity index (χ1v) is 16.2. The van der Waals surface area contributed by atoms with Crippen LogP contribution in [0.4, 0.5) is 0 Å². The van der Waals surface area contributed by atoms with Gasteiger partial charge in [-0.15, -0.1) is 22.7 Å². The van der Waals surface area contributed by atoms with Crippen molar-refractivity contribution in [1.82, 2.24) is 0 Å². The molecule has 0 unspecified atom stereocenters. The summed E-state index contributed by atoms with van der Waals surface area (Å²) in [5.41, 5.74) is 5.34. The lowest BCUT2D eigenvalue weighted by molar-refractivity contribution is 0.0988. The van der Waals surface area contributed by atoms with Crippen molar-refractivity contribution >= 4 is 57.7 Å². The Hall–Kier alpha value is -4.95. The standard InChI is InChI=1S/C37H22N2O3S2/c38-18-20(19-39)31-23-8-2-3-9-24(23)32(40)27(31)14-21-16-29-35(43-21)36-30(37(29)12-6-1-7-13-37)17-22(44-36)15-28-33(41)25-10-4-5-11-26(25)34(28)42/h2-5,8-11,14-17H,1,6-7,12-13H2/b27-14-. The van der Waals surface area contributed by atoms with E-state index in [2.05, 4.69) is 12.1 Å². The first-order chi connectivity index (χ1) is 21.4. The molecule has 1 spiro atoms. The van der Waals surface area contributed by atoms with Crippen LogP contribution in [-0.4, -0.2) is 17.3 Å². The number of hydrogen-bond donors (Lipinski definition) is 0. The summed E-state index contributed by atoms with van der Waals surface area (Å²) in [6.07, 6.45) is 9.03. The molecular weight excluding hydrogens is 585 g/mol. The molecule has 2 aromatic heterocycles. The number of thiophene rings is 2. The summed E-state index contributed by atoms with van der Waals surface area (Å²) in [6, 6.07) is 22.5. The quantitative estimate of drug-likeness (QED) is 0.129. The molecule has 44 heavy (non-hydrogen) atoms. The fraction of sp³-hybridized carbons (Fsp3) is 0.162. The maximum Gasteiger partial charge on any atom is 0.197 e. The van der Waals surface area contributed by atoms with Gasteiger partial charge in [0.25, 0.3) is 0 Å². The summed E-state index contributed by atoms with van der Waals surface area (Å²) < 4.78 is 0. The maximum absolute atomic E-state index is 13.5. The van der Waals surface area contributed by atoms with Gasteiger partial charge in [-0.05, 0) is 53.8 Å². The number of fused-ring (bicyclic) bond motifs is 7. The van der Waals surface area contributed by atoms with Crippen LogP contribution in [0.3, 0.4) is 0 Å². The molecule has 4 aromatic rings. The van der Waals surface area contributed by atoms with Crippen molar-refractivity contribution in [3.05, 3.63) is 121 Å². The second-order valence-corrected chi connectivity index (χ2v) is 13.8. The molecular formula is C37H22N2O3S2. The van der Waals surface area contributed by atoms with Crippen LogP contribution in [0.5, 0.6) is 0 Å². The number of carbonyl (C=O) groups is 3. The van der Waals surface area contributed by atoms with E-state index in [1.165, 1.54) is 17.5 Å². The van der Waals surface area contributed by atoms with Crippen LogP contribution in [-0.2, 0) is 5.41 Å². The fourth-order valence-corrected chi connectivity index (χ4v) is 9.95. The topological polar surface area (TPSA) is 98.8 Å². The van der Waals surface area contributed by atoms with Gasteiger partial charge in [0.15, 0.2) is 17.3 Å². The summed E-state index contributed by atoms with van der Waals surface area (Å²) in [5, 5.41) is 19.5. The van der Waals surface area contributed by atoms with Crippen molar-refractivity contribution in [2.75, 3.05) is 0 Å². The number of hydrogen-bond acceptors (Lipinski definition) is 7. The molecule has 5 nitrogen and oxygen atoms in total. The highest BCUT2D eigenvalue weighted by atomic mass is 32.1. The average molecular weight is 607 g/mol. The molecule has 0 atom stereocenters. The normalized spacial score (nSPS) is 18.2. The number of allylic oxidation sites excluding steroid dienone is 4. The summed E-state index contributed by atoms with van der Waals surface area (Å²) >= 11 is 3.22. The third-order valence-electron chi connectivity index (χ3n) is 9.35. The highest BCUT2D eigenvalue weighted by Gasteiger charge is 2.46. The largest absolute Gasteiger partial charge is 0.289 e. The van der Waals surface area contributed by atoms with E-state index in [0.717, 1.165) is 45.2 Å². The molecule has 210 valence electrons. The summed E-state index contributed by atoms with van der Waals surface area (Å²) in [7, 11) is 0. The van der Waals surface area contributed by atoms with Gasteiger partial charge in [-0.2, -0.15) is 10.5 Å². The van der Waals surface area contributed by atoms with Crippen LogP contribution in [0.15, 0.2) is 77.4 Å². The molecule has 1 saturated carbocycles. The van der Waals surface area contributed by atoms with Gasteiger partial charge in [0.2, 0.25) is 0 Å². The number of ketones is 3. The minimum atomic E-state index is -0.225. The van der Waals surface area contributed by atoms with Gasteiger partial charge in [0.1, 0.15) is 17.7 Å². The number of Topliss-reactive ketones (excluding diaryl/α,β-unsaturated/α-hetero) is 3. The molecule has 7 heteroatoms. The van der Waals surface area contributed by atoms with Gasteiger partial charge in [0.05, 0.1) is 5.57 Å². The molecule has 2 aromatic carbocycles. The van der Waals surface area contributed by atoms with Gasteiger partial charge in [-0.25, -0.2) is 0 Å². The van der Waals surface area contributed by atoms with Crippen LogP contribution < -0.4 is 0 Å². The Balaban J connectivity index is 1.25. The molecule has 8 rings (SSSR count). The van der Waals surface area contributed by atoms with E-state index in [-0.39, 0.29) is 33.9 Å². The molecule has 1 fully saturated rings. The smallest absolute Gasteiger partial charge is 0.197 e. The Morgan fingerprint density at radius 2 is 1.11 bits per heavy atom. The van der Waals surface area contributed by atoms with Crippen LogP contribution in [0.1, 0.15) is 89.6 Å². The molecule has 0 amide bonds. The number of rotatable bonds is 2. The van der Waals surface area contributed by atoms with Crippen molar-refractivity contribution in [2.24, 2.45) is 0 Å². The summed E-state index contributed by atoms with van der Waals surface area (Å²) in [5.74, 6) is -0.632. The first-order valence-electron chi connectivity index (χ1n) is 14.5. The van der Waals surface area contributed by atoms with Crippen molar-refractivity contribution < 1.29 is 14.4 Å². The van der Waals surface area contributed by atoms with Crippen LogP contribution in [0, 0.1) is 22.7 Å². The Morgan fingerprint density at radius 1 is 0.659 bits per heavy atom. The van der Waals surface area contributed by atoms with E-state index in [9.17, 15) is 24.9 Å². The first kappa shape index (κ1) is 26.7. The van der Waals surface area contributed by atoms with Gasteiger partial charge < -0.3 is 0 Å². The lowest BCUT2D eigenvalue weighted by Gasteiger charge is -2.34. The number of nitriles is 2. The fourth-order valence-electron chi connectivity index (χ4n) is 7.38. The average Bonchev–Trinajstić information content (AvgIpc) is 3.83. The van der Waals surface area contributed by atoms with Crippen LogP contribution >= 0.6 is 22.7 Å². The van der Waals surface area contributed by atoms with E-state index in [0.29, 0.717) is 33.4 Å². The molecule has 0 saturated heterocycles. The van der Waals surface area contributed by atoms with Gasteiger partial charge >= 0.3 is 0 Å². The predicted molar refractivity (Wildman–Crippen MR) is 171 cm³/mol. The number of nitrogens with zero attached hydrogens (tertiary/aromatic N) is 2. The van der Waals surface area contributed by atoms with Crippen molar-refractivity contribution in [1.29, 1.82) is 10.5 Å². The van der Waals surface area contributed by atoms with Crippen molar-refractivity contribution in [3.63, 3.8) is 0 Å². The van der Waals surface area contributed by atoms with Gasteiger partial charge in [-0.3, -0.25) is 14.4 Å². The van der Waals surface area contributed by atoms with Gasteiger partial charge in [-0.1, -0.05) is 67.8 Å². The highest BCUT2D eigenvalue weighted by molar-refractivity contribution is 7.23. The van der Waals surface area contributed by atoms with E-state index in [1.54, 1.807) is 71.2 Å². The zero-order valence-electron chi connectivity index (χ0n) is 23.4. The number of carbonyl (C=O) groups excluding carboxylic acids is 3. The molecule has 0 N–H and O–H groups in total. The summed E-state index contributed by atoms with van der Waals surface area (Å²) in [6.45, 7) is 0. The second-order valence-electron chi connectivity index (χ2n) is 11.6. The van der Waals surface area contributed by atoms with Crippen LogP contribution in [0.25, 0.3) is 27.5 Å². The van der Waals surface area contributed by atoms with E-state index in [1.807, 2.05) is 24.3 Å². The van der Waals surface area contributed by atoms with Gasteiger partial charge in [0, 0.05) is 52.8 Å². The molecule has 2 heterocycles. The lowest BCUT2D eigenvalue weighted by Crippen LogP contribution is -2.27. The third-order valence-corrected chi connectivity index (χ3v) is 11.7. The molecule has 0 aliphatic heterocycles. The predicted octanol–water partition coefficient (Wildman–Crippen LogP) is 8.58. The number of benzene rings is 2. The Morgan fingerprint density at radius 3 is 1.64 bits per heavy atom.